The van der Waals surface area contributed by atoms with Crippen LogP contribution in [0.15, 0.2) is 35.7 Å². The number of aliphatic imine (C=N–C) groups is 1. The molecule has 0 radical (unpaired) electrons. The number of aromatic nitrogens is 2. The van der Waals surface area contributed by atoms with E-state index < -0.39 is 7.60 Å². The zero-order chi connectivity index (χ0) is 17.0. The van der Waals surface area contributed by atoms with Crippen LogP contribution in [-0.2, 0) is 4.57 Å². The summed E-state index contributed by atoms with van der Waals surface area (Å²) in [5.41, 5.74) is 2.94. The first kappa shape index (κ1) is 17.7. The molecule has 1 aromatic heterocycles. The van der Waals surface area contributed by atoms with Crippen LogP contribution in [-0.4, -0.2) is 37.0 Å². The van der Waals surface area contributed by atoms with Gasteiger partial charge in [0, 0.05) is 5.69 Å². The van der Waals surface area contributed by atoms with Gasteiger partial charge in [-0.05, 0) is 43.4 Å². The lowest BCUT2D eigenvalue weighted by atomic mass is 10.1. The predicted octanol–water partition coefficient (Wildman–Crippen LogP) is 3.04. The van der Waals surface area contributed by atoms with Crippen molar-refractivity contribution in [1.82, 2.24) is 9.97 Å². The Morgan fingerprint density at radius 3 is 2.74 bits per heavy atom. The number of benzene rings is 1. The number of nitrogens with zero attached hydrogens (tertiary/aromatic N) is 2. The number of aromatic amines is 1. The van der Waals surface area contributed by atoms with E-state index in [0.717, 1.165) is 16.8 Å². The van der Waals surface area contributed by atoms with E-state index >= 15 is 0 Å². The standard InChI is InChI=1S/C14H19N4O3PS/c1-9-6-11(13-7-15-8-16-13)4-5-12(9)18-14(22(19,20)21)17-10(2)23-3/h4-8,10H,1-3H3,(H,15,16)(H,17,18)(H2,19,20,21). The molecule has 9 heteroatoms. The van der Waals surface area contributed by atoms with E-state index in [2.05, 4.69) is 20.3 Å². The Balaban J connectivity index is 2.31. The molecule has 7 nitrogen and oxygen atoms in total. The summed E-state index contributed by atoms with van der Waals surface area (Å²) >= 11 is 1.40. The van der Waals surface area contributed by atoms with Crippen LogP contribution < -0.4 is 5.32 Å². The van der Waals surface area contributed by atoms with E-state index in [1.807, 2.05) is 25.3 Å². The molecular formula is C14H19N4O3PS. The number of H-pyrrole nitrogens is 1. The molecule has 1 heterocycles. The van der Waals surface area contributed by atoms with Crippen molar-refractivity contribution in [1.29, 1.82) is 0 Å². The summed E-state index contributed by atoms with van der Waals surface area (Å²) < 4.78 is 11.6. The molecule has 0 aliphatic rings. The fourth-order valence-electron chi connectivity index (χ4n) is 1.91. The second kappa shape index (κ2) is 7.31. The molecule has 2 rings (SSSR count). The lowest BCUT2D eigenvalue weighted by molar-refractivity contribution is 0.390. The number of aryl methyl sites for hydroxylation is 1. The van der Waals surface area contributed by atoms with Gasteiger partial charge in [0.05, 0.1) is 23.6 Å². The average molecular weight is 354 g/mol. The van der Waals surface area contributed by atoms with Gasteiger partial charge in [-0.3, -0.25) is 4.57 Å². The van der Waals surface area contributed by atoms with Crippen LogP contribution in [0.2, 0.25) is 0 Å². The molecule has 1 aromatic carbocycles. The Bertz CT molecular complexity index is 742. The minimum absolute atomic E-state index is 0.255. The Hall–Kier alpha value is -1.60. The van der Waals surface area contributed by atoms with Crippen molar-refractivity contribution >= 4 is 30.6 Å². The third kappa shape index (κ3) is 4.68. The van der Waals surface area contributed by atoms with Crippen LogP contribution in [0, 0.1) is 6.92 Å². The first-order valence-electron chi connectivity index (χ1n) is 6.84. The molecule has 124 valence electrons. The molecule has 4 N–H and O–H groups in total. The number of hydrogen-bond donors (Lipinski definition) is 4. The first-order valence-corrected chi connectivity index (χ1v) is 9.74. The normalized spacial score (nSPS) is 13.9. The third-order valence-corrected chi connectivity index (χ3v) is 4.77. The molecule has 0 amide bonds. The van der Waals surface area contributed by atoms with Gasteiger partial charge < -0.3 is 20.1 Å². The largest absolute Gasteiger partial charge is 0.390 e. The molecule has 1 unspecified atom stereocenters. The van der Waals surface area contributed by atoms with Gasteiger partial charge in [-0.2, -0.15) is 0 Å². The fraction of sp³-hybridized carbons (Fsp3) is 0.286. The lowest BCUT2D eigenvalue weighted by Crippen LogP contribution is -2.15. The summed E-state index contributed by atoms with van der Waals surface area (Å²) in [7, 11) is -4.48. The lowest BCUT2D eigenvalue weighted by Gasteiger charge is -2.15. The van der Waals surface area contributed by atoms with E-state index in [4.69, 9.17) is 0 Å². The summed E-state index contributed by atoms with van der Waals surface area (Å²) in [6.45, 7) is 3.63. The van der Waals surface area contributed by atoms with Crippen molar-refractivity contribution in [3.05, 3.63) is 36.3 Å². The first-order chi connectivity index (χ1) is 10.8. The van der Waals surface area contributed by atoms with Gasteiger partial charge in [0.25, 0.3) is 0 Å². The van der Waals surface area contributed by atoms with Crippen molar-refractivity contribution < 1.29 is 14.4 Å². The zero-order valence-corrected chi connectivity index (χ0v) is 14.7. The maximum Gasteiger partial charge on any atom is 0.390 e. The Kier molecular flexibility index (Phi) is 5.64. The van der Waals surface area contributed by atoms with Crippen LogP contribution in [0.5, 0.6) is 0 Å². The van der Waals surface area contributed by atoms with E-state index in [-0.39, 0.29) is 11.0 Å². The van der Waals surface area contributed by atoms with Gasteiger partial charge in [-0.25, -0.2) is 9.98 Å². The number of hydrogen-bond acceptors (Lipinski definition) is 4. The van der Waals surface area contributed by atoms with Crippen LogP contribution in [0.25, 0.3) is 11.3 Å². The van der Waals surface area contributed by atoms with Crippen LogP contribution in [0.1, 0.15) is 12.5 Å². The predicted molar refractivity (Wildman–Crippen MR) is 94.8 cm³/mol. The van der Waals surface area contributed by atoms with Crippen molar-refractivity contribution in [3.8, 4) is 11.3 Å². The van der Waals surface area contributed by atoms with Crippen LogP contribution in [0.3, 0.4) is 0 Å². The molecule has 0 aliphatic carbocycles. The Morgan fingerprint density at radius 2 is 2.22 bits per heavy atom. The van der Waals surface area contributed by atoms with Crippen molar-refractivity contribution in [2.75, 3.05) is 11.6 Å². The number of nitrogens with one attached hydrogen (secondary N) is 2. The summed E-state index contributed by atoms with van der Waals surface area (Å²) in [5.74, 6) is 0. The smallest absolute Gasteiger partial charge is 0.345 e. The highest BCUT2D eigenvalue weighted by molar-refractivity contribution is 7.99. The summed E-state index contributed by atoms with van der Waals surface area (Å²) in [6, 6.07) is 5.52. The molecule has 0 saturated carbocycles. The van der Waals surface area contributed by atoms with Gasteiger partial charge >= 0.3 is 7.60 Å². The zero-order valence-electron chi connectivity index (χ0n) is 13.0. The number of thioether (sulfide) groups is 1. The molecule has 0 saturated heterocycles. The molecule has 23 heavy (non-hydrogen) atoms. The molecular weight excluding hydrogens is 335 g/mol. The minimum Gasteiger partial charge on any atom is -0.345 e. The van der Waals surface area contributed by atoms with E-state index in [0.29, 0.717) is 5.69 Å². The SMILES string of the molecule is CSC(C)/N=C(/Nc1ccc(-c2cnc[nH]2)cc1C)P(=O)(O)O. The van der Waals surface area contributed by atoms with Gasteiger partial charge in [0.15, 0.2) is 0 Å². The second-order valence-electron chi connectivity index (χ2n) is 4.95. The fourth-order valence-corrected chi connectivity index (χ4v) is 2.79. The molecule has 2 aromatic rings. The van der Waals surface area contributed by atoms with Crippen molar-refractivity contribution in [2.24, 2.45) is 4.99 Å². The number of amidine groups is 1. The summed E-state index contributed by atoms with van der Waals surface area (Å²) in [5, 5.41) is 2.52. The van der Waals surface area contributed by atoms with Crippen molar-refractivity contribution in [2.45, 2.75) is 19.2 Å². The van der Waals surface area contributed by atoms with Gasteiger partial charge in [-0.1, -0.05) is 6.07 Å². The summed E-state index contributed by atoms with van der Waals surface area (Å²) in [4.78, 5) is 30.0. The molecule has 0 aliphatic heterocycles. The topological polar surface area (TPSA) is 111 Å². The van der Waals surface area contributed by atoms with Gasteiger partial charge in [-0.15, -0.1) is 11.8 Å². The highest BCUT2D eigenvalue weighted by Gasteiger charge is 2.24. The monoisotopic (exact) mass is 354 g/mol. The number of anilines is 1. The molecule has 0 spiro atoms. The van der Waals surface area contributed by atoms with Crippen LogP contribution >= 0.6 is 19.4 Å². The number of imidazole rings is 1. The third-order valence-electron chi connectivity index (χ3n) is 3.20. The Labute approximate surface area is 138 Å². The molecule has 0 bridgehead atoms. The van der Waals surface area contributed by atoms with E-state index in [1.165, 1.54) is 11.8 Å². The van der Waals surface area contributed by atoms with Gasteiger partial charge in [0.1, 0.15) is 0 Å². The van der Waals surface area contributed by atoms with Crippen LogP contribution in [0.4, 0.5) is 5.69 Å². The number of rotatable bonds is 5. The maximum atomic E-state index is 11.6. The Morgan fingerprint density at radius 1 is 1.48 bits per heavy atom. The maximum absolute atomic E-state index is 11.6. The van der Waals surface area contributed by atoms with Gasteiger partial charge in [0.2, 0.25) is 5.58 Å². The van der Waals surface area contributed by atoms with E-state index in [1.54, 1.807) is 25.5 Å². The van der Waals surface area contributed by atoms with E-state index in [9.17, 15) is 14.4 Å². The highest BCUT2D eigenvalue weighted by atomic mass is 32.2. The quantitative estimate of drug-likeness (QED) is 0.373. The molecule has 1 atom stereocenters. The average Bonchev–Trinajstić information content (AvgIpc) is 3.01. The summed E-state index contributed by atoms with van der Waals surface area (Å²) in [6.07, 6.45) is 5.14. The minimum atomic E-state index is -4.48. The highest BCUT2D eigenvalue weighted by Crippen LogP contribution is 2.38. The second-order valence-corrected chi connectivity index (χ2v) is 7.62. The van der Waals surface area contributed by atoms with Crippen molar-refractivity contribution in [3.63, 3.8) is 0 Å². The molecule has 0 fully saturated rings.